The number of hydrogen-bond donors (Lipinski definition) is 1. The number of halogens is 2. The summed E-state index contributed by atoms with van der Waals surface area (Å²) in [5, 5.41) is -0.0566. The number of aromatic nitrogens is 3. The lowest BCUT2D eigenvalue weighted by atomic mass is 9.98. The predicted octanol–water partition coefficient (Wildman–Crippen LogP) is 5.44. The van der Waals surface area contributed by atoms with E-state index in [4.69, 9.17) is 27.1 Å². The highest BCUT2D eigenvalue weighted by atomic mass is 35.5. The Balaban J connectivity index is 1.72. The van der Waals surface area contributed by atoms with Crippen molar-refractivity contribution in [3.05, 3.63) is 58.9 Å². The summed E-state index contributed by atoms with van der Waals surface area (Å²) >= 11 is 6.00. The van der Waals surface area contributed by atoms with Gasteiger partial charge in [0.15, 0.2) is 5.65 Å². The molecule has 0 radical (unpaired) electrons. The fourth-order valence-electron chi connectivity index (χ4n) is 4.14. The number of nitrogens with two attached hydrogens (primary N) is 1. The highest BCUT2D eigenvalue weighted by molar-refractivity contribution is 6.31. The summed E-state index contributed by atoms with van der Waals surface area (Å²) in [5.41, 5.74) is 9.11. The molecule has 2 aromatic carbocycles. The molecule has 2 aromatic heterocycles. The van der Waals surface area contributed by atoms with E-state index in [1.165, 1.54) is 18.2 Å². The van der Waals surface area contributed by atoms with Crippen LogP contribution in [0.15, 0.2) is 42.5 Å². The molecule has 0 amide bonds. The number of rotatable bonds is 3. The van der Waals surface area contributed by atoms with Crippen molar-refractivity contribution in [2.24, 2.45) is 0 Å². The van der Waals surface area contributed by atoms with Gasteiger partial charge in [0.05, 0.1) is 21.7 Å². The minimum atomic E-state index is -0.547. The van der Waals surface area contributed by atoms with Crippen molar-refractivity contribution in [3.63, 3.8) is 0 Å². The molecule has 1 aliphatic carbocycles. The Kier molecular flexibility index (Phi) is 4.98. The second kappa shape index (κ2) is 7.81. The van der Waals surface area contributed by atoms with Crippen LogP contribution < -0.4 is 5.73 Å². The number of fused-ring (bicyclic) bond motifs is 2. The minimum Gasteiger partial charge on any atom is -0.459 e. The number of carbonyl (C=O) groups is 1. The fourth-order valence-corrected chi connectivity index (χ4v) is 4.32. The Labute approximate surface area is 182 Å². The maximum absolute atomic E-state index is 13.8. The largest absolute Gasteiger partial charge is 0.459 e. The maximum atomic E-state index is 13.8. The molecule has 0 spiro atoms. The van der Waals surface area contributed by atoms with Gasteiger partial charge < -0.3 is 10.5 Å². The Hall–Kier alpha value is -3.19. The van der Waals surface area contributed by atoms with Crippen LogP contribution in [0.1, 0.15) is 42.5 Å². The van der Waals surface area contributed by atoms with Crippen LogP contribution in [0.4, 0.5) is 10.2 Å². The molecular formula is C23H20ClFN4O2. The zero-order valence-electron chi connectivity index (χ0n) is 16.6. The number of carbonyl (C=O) groups excluding carboxylic acids is 1. The Bertz CT molecular complexity index is 1310. The Morgan fingerprint density at radius 2 is 1.81 bits per heavy atom. The molecule has 4 aromatic rings. The van der Waals surface area contributed by atoms with E-state index in [0.29, 0.717) is 27.9 Å². The van der Waals surface area contributed by atoms with Crippen LogP contribution in [0.25, 0.3) is 27.9 Å². The van der Waals surface area contributed by atoms with Gasteiger partial charge in [-0.15, -0.1) is 0 Å². The minimum absolute atomic E-state index is 0.0566. The summed E-state index contributed by atoms with van der Waals surface area (Å²) in [6.45, 7) is 0. The molecular weight excluding hydrogens is 419 g/mol. The SMILES string of the molecule is Nc1c(C(=O)OC2CCCCC2)c2nc3ccccc3nc2n1-c1ccc(F)c(Cl)c1. The first-order valence-corrected chi connectivity index (χ1v) is 10.6. The summed E-state index contributed by atoms with van der Waals surface area (Å²) in [7, 11) is 0. The average molecular weight is 439 g/mol. The molecule has 5 rings (SSSR count). The third-order valence-electron chi connectivity index (χ3n) is 5.69. The Morgan fingerprint density at radius 3 is 2.52 bits per heavy atom. The van der Waals surface area contributed by atoms with Crippen LogP contribution in [0, 0.1) is 5.82 Å². The van der Waals surface area contributed by atoms with E-state index in [2.05, 4.69) is 4.98 Å². The van der Waals surface area contributed by atoms with Gasteiger partial charge in [0, 0.05) is 0 Å². The van der Waals surface area contributed by atoms with Crippen molar-refractivity contribution >= 4 is 45.6 Å². The van der Waals surface area contributed by atoms with E-state index in [1.807, 2.05) is 24.3 Å². The molecule has 0 saturated heterocycles. The topological polar surface area (TPSA) is 83.0 Å². The molecule has 31 heavy (non-hydrogen) atoms. The number of ether oxygens (including phenoxy) is 1. The van der Waals surface area contributed by atoms with E-state index in [0.717, 1.165) is 32.1 Å². The van der Waals surface area contributed by atoms with Gasteiger partial charge in [-0.1, -0.05) is 30.2 Å². The van der Waals surface area contributed by atoms with E-state index in [9.17, 15) is 9.18 Å². The van der Waals surface area contributed by atoms with E-state index in [1.54, 1.807) is 4.57 Å². The number of nitrogen functional groups attached to an aromatic ring is 1. The van der Waals surface area contributed by atoms with Crippen LogP contribution >= 0.6 is 11.6 Å². The number of hydrogen-bond acceptors (Lipinski definition) is 5. The lowest BCUT2D eigenvalue weighted by Crippen LogP contribution is -2.21. The van der Waals surface area contributed by atoms with Crippen molar-refractivity contribution in [1.29, 1.82) is 0 Å². The third-order valence-corrected chi connectivity index (χ3v) is 5.98. The molecule has 158 valence electrons. The smallest absolute Gasteiger partial charge is 0.344 e. The van der Waals surface area contributed by atoms with Crippen LogP contribution in [0.2, 0.25) is 5.02 Å². The van der Waals surface area contributed by atoms with Crippen LogP contribution in [0.5, 0.6) is 0 Å². The fraction of sp³-hybridized carbons (Fsp3) is 0.261. The molecule has 1 fully saturated rings. The summed E-state index contributed by atoms with van der Waals surface area (Å²) in [4.78, 5) is 22.5. The lowest BCUT2D eigenvalue weighted by molar-refractivity contribution is 0.0214. The quantitative estimate of drug-likeness (QED) is 0.431. The van der Waals surface area contributed by atoms with Crippen molar-refractivity contribution in [2.75, 3.05) is 5.73 Å². The Morgan fingerprint density at radius 1 is 1.10 bits per heavy atom. The van der Waals surface area contributed by atoms with Crippen LogP contribution in [-0.4, -0.2) is 26.6 Å². The highest BCUT2D eigenvalue weighted by Gasteiger charge is 2.28. The number of benzene rings is 2. The van der Waals surface area contributed by atoms with Crippen molar-refractivity contribution in [2.45, 2.75) is 38.2 Å². The summed E-state index contributed by atoms with van der Waals surface area (Å²) in [5.74, 6) is -0.936. The number of nitrogens with zero attached hydrogens (tertiary/aromatic N) is 3. The van der Waals surface area contributed by atoms with Gasteiger partial charge in [0.2, 0.25) is 0 Å². The molecule has 0 aliphatic heterocycles. The van der Waals surface area contributed by atoms with Crippen molar-refractivity contribution in [1.82, 2.24) is 14.5 Å². The monoisotopic (exact) mass is 438 g/mol. The first-order valence-electron chi connectivity index (χ1n) is 10.3. The van der Waals surface area contributed by atoms with Gasteiger partial charge in [-0.3, -0.25) is 4.57 Å². The molecule has 6 nitrogen and oxygen atoms in total. The number of esters is 1. The standard InChI is InChI=1S/C23H20ClFN4O2/c24-15-12-13(10-11-16(15)25)29-21(26)19(23(30)31-14-6-2-1-3-7-14)20-22(29)28-18-9-5-4-8-17(18)27-20/h4-5,8-12,14H,1-3,6-7,26H2. The van der Waals surface area contributed by atoms with Gasteiger partial charge >= 0.3 is 5.97 Å². The van der Waals surface area contributed by atoms with Crippen LogP contribution in [0.3, 0.4) is 0 Å². The van der Waals surface area contributed by atoms with Gasteiger partial charge in [-0.25, -0.2) is 19.2 Å². The zero-order valence-corrected chi connectivity index (χ0v) is 17.4. The normalized spacial score (nSPS) is 14.9. The third kappa shape index (κ3) is 3.49. The van der Waals surface area contributed by atoms with Gasteiger partial charge in [0.1, 0.15) is 28.8 Å². The molecule has 0 atom stereocenters. The number of anilines is 1. The second-order valence-electron chi connectivity index (χ2n) is 7.74. The average Bonchev–Trinajstić information content (AvgIpc) is 3.05. The van der Waals surface area contributed by atoms with E-state index in [-0.39, 0.29) is 22.5 Å². The lowest BCUT2D eigenvalue weighted by Gasteiger charge is -2.21. The molecule has 2 N–H and O–H groups in total. The van der Waals surface area contributed by atoms with E-state index >= 15 is 0 Å². The van der Waals surface area contributed by atoms with Crippen molar-refractivity contribution in [3.8, 4) is 5.69 Å². The molecule has 1 aliphatic rings. The van der Waals surface area contributed by atoms with E-state index < -0.39 is 11.8 Å². The van der Waals surface area contributed by atoms with Gasteiger partial charge in [-0.05, 0) is 56.0 Å². The molecule has 2 heterocycles. The summed E-state index contributed by atoms with van der Waals surface area (Å²) < 4.78 is 21.1. The van der Waals surface area contributed by atoms with Gasteiger partial charge in [0.25, 0.3) is 0 Å². The van der Waals surface area contributed by atoms with Crippen molar-refractivity contribution < 1.29 is 13.9 Å². The first-order chi connectivity index (χ1) is 15.0. The first kappa shape index (κ1) is 19.8. The molecule has 0 bridgehead atoms. The van der Waals surface area contributed by atoms with Gasteiger partial charge in [-0.2, -0.15) is 0 Å². The zero-order chi connectivity index (χ0) is 21.5. The second-order valence-corrected chi connectivity index (χ2v) is 8.15. The van der Waals surface area contributed by atoms with Crippen LogP contribution in [-0.2, 0) is 4.74 Å². The molecule has 8 heteroatoms. The molecule has 0 unspecified atom stereocenters. The predicted molar refractivity (Wildman–Crippen MR) is 118 cm³/mol. The number of para-hydroxylation sites is 2. The molecule has 1 saturated carbocycles. The maximum Gasteiger partial charge on any atom is 0.344 e. The summed E-state index contributed by atoms with van der Waals surface area (Å²) in [6, 6.07) is 11.6. The highest BCUT2D eigenvalue weighted by Crippen LogP contribution is 2.33. The summed E-state index contributed by atoms with van der Waals surface area (Å²) in [6.07, 6.45) is 4.77.